The summed E-state index contributed by atoms with van der Waals surface area (Å²) < 4.78 is 1.88. The van der Waals surface area contributed by atoms with Crippen molar-refractivity contribution in [3.63, 3.8) is 0 Å². The van der Waals surface area contributed by atoms with Gasteiger partial charge in [-0.1, -0.05) is 31.5 Å². The maximum absolute atomic E-state index is 5.79. The van der Waals surface area contributed by atoms with Crippen LogP contribution in [0, 0.1) is 0 Å². The molecular formula is C16H24IN5. The van der Waals surface area contributed by atoms with Crippen LogP contribution in [0.2, 0.25) is 0 Å². The Morgan fingerprint density at radius 2 is 2.09 bits per heavy atom. The molecule has 0 bridgehead atoms. The number of para-hydroxylation sites is 1. The molecule has 0 saturated heterocycles. The summed E-state index contributed by atoms with van der Waals surface area (Å²) in [6.45, 7) is 3.70. The Kier molecular flexibility index (Phi) is 8.57. The van der Waals surface area contributed by atoms with Crippen LogP contribution in [0.3, 0.4) is 0 Å². The second kappa shape index (κ2) is 10.2. The monoisotopic (exact) mass is 413 g/mol. The van der Waals surface area contributed by atoms with Crippen molar-refractivity contribution in [2.45, 2.75) is 26.2 Å². The summed E-state index contributed by atoms with van der Waals surface area (Å²) in [4.78, 5) is 4.26. The fourth-order valence-corrected chi connectivity index (χ4v) is 1.96. The molecule has 2 rings (SSSR count). The molecule has 2 aromatic rings. The van der Waals surface area contributed by atoms with E-state index in [9.17, 15) is 0 Å². The summed E-state index contributed by atoms with van der Waals surface area (Å²) in [5, 5.41) is 7.50. The molecule has 1 aromatic carbocycles. The molecule has 6 heteroatoms. The molecule has 1 aromatic heterocycles. The molecule has 5 nitrogen and oxygen atoms in total. The maximum atomic E-state index is 5.79. The van der Waals surface area contributed by atoms with E-state index in [1.54, 1.807) is 0 Å². The lowest BCUT2D eigenvalue weighted by molar-refractivity contribution is 0.791. The first-order valence-electron chi connectivity index (χ1n) is 7.42. The molecular weight excluding hydrogens is 389 g/mol. The van der Waals surface area contributed by atoms with E-state index >= 15 is 0 Å². The summed E-state index contributed by atoms with van der Waals surface area (Å²) in [7, 11) is 0. The number of aromatic nitrogens is 2. The van der Waals surface area contributed by atoms with Gasteiger partial charge in [0, 0.05) is 19.3 Å². The standard InChI is InChI=1S/C16H23N5.HI/c1-2-3-10-18-16(17)19-11-9-14-12-20-21(13-14)15-7-5-4-6-8-15;/h4-8,12-13H,2-3,9-11H2,1H3,(H3,17,18,19);1H. The van der Waals surface area contributed by atoms with Crippen LogP contribution in [0.15, 0.2) is 47.7 Å². The molecule has 22 heavy (non-hydrogen) atoms. The van der Waals surface area contributed by atoms with Gasteiger partial charge in [-0.2, -0.15) is 5.10 Å². The minimum absolute atomic E-state index is 0. The van der Waals surface area contributed by atoms with E-state index in [-0.39, 0.29) is 24.0 Å². The average molecular weight is 413 g/mol. The number of rotatable bonds is 7. The number of nitrogens with two attached hydrogens (primary N) is 1. The average Bonchev–Trinajstić information content (AvgIpc) is 2.97. The van der Waals surface area contributed by atoms with Crippen molar-refractivity contribution in [1.82, 2.24) is 15.1 Å². The zero-order valence-electron chi connectivity index (χ0n) is 12.9. The normalized spacial score (nSPS) is 11.0. The molecule has 0 aliphatic rings. The smallest absolute Gasteiger partial charge is 0.188 e. The number of halogens is 1. The fourth-order valence-electron chi connectivity index (χ4n) is 1.96. The van der Waals surface area contributed by atoms with Gasteiger partial charge in [0.2, 0.25) is 0 Å². The summed E-state index contributed by atoms with van der Waals surface area (Å²) in [5.41, 5.74) is 8.03. The number of aliphatic imine (C=N–C) groups is 1. The molecule has 120 valence electrons. The van der Waals surface area contributed by atoms with Gasteiger partial charge in [0.25, 0.3) is 0 Å². The van der Waals surface area contributed by atoms with Gasteiger partial charge in [-0.15, -0.1) is 24.0 Å². The third kappa shape index (κ3) is 6.05. The number of unbranched alkanes of at least 4 members (excludes halogenated alkanes) is 1. The van der Waals surface area contributed by atoms with Crippen molar-refractivity contribution in [2.24, 2.45) is 10.7 Å². The number of hydrogen-bond acceptors (Lipinski definition) is 2. The van der Waals surface area contributed by atoms with Gasteiger partial charge in [-0.05, 0) is 30.5 Å². The minimum Gasteiger partial charge on any atom is -0.370 e. The van der Waals surface area contributed by atoms with Crippen LogP contribution in [0.1, 0.15) is 25.3 Å². The molecule has 0 radical (unpaired) electrons. The molecule has 0 spiro atoms. The molecule has 0 aliphatic heterocycles. The molecule has 0 fully saturated rings. The lowest BCUT2D eigenvalue weighted by atomic mass is 10.2. The lowest BCUT2D eigenvalue weighted by Gasteiger charge is -2.04. The molecule has 3 N–H and O–H groups in total. The van der Waals surface area contributed by atoms with E-state index in [4.69, 9.17) is 5.73 Å². The SMILES string of the molecule is CCCCN=C(N)NCCc1cnn(-c2ccccc2)c1.I. The fraction of sp³-hybridized carbons (Fsp3) is 0.375. The summed E-state index contributed by atoms with van der Waals surface area (Å²) in [6.07, 6.45) is 7.01. The number of nitrogens with zero attached hydrogens (tertiary/aromatic N) is 3. The van der Waals surface area contributed by atoms with Gasteiger partial charge in [-0.3, -0.25) is 4.99 Å². The van der Waals surface area contributed by atoms with Crippen molar-refractivity contribution in [2.75, 3.05) is 13.1 Å². The second-order valence-corrected chi connectivity index (χ2v) is 4.93. The third-order valence-electron chi connectivity index (χ3n) is 3.17. The second-order valence-electron chi connectivity index (χ2n) is 4.93. The number of benzene rings is 1. The highest BCUT2D eigenvalue weighted by Gasteiger charge is 2.00. The number of guanidine groups is 1. The van der Waals surface area contributed by atoms with Crippen LogP contribution in [-0.2, 0) is 6.42 Å². The Morgan fingerprint density at radius 3 is 2.82 bits per heavy atom. The lowest BCUT2D eigenvalue weighted by Crippen LogP contribution is -2.33. The largest absolute Gasteiger partial charge is 0.370 e. The van der Waals surface area contributed by atoms with Crippen molar-refractivity contribution in [3.05, 3.63) is 48.3 Å². The first-order valence-corrected chi connectivity index (χ1v) is 7.42. The van der Waals surface area contributed by atoms with Crippen LogP contribution >= 0.6 is 24.0 Å². The summed E-state index contributed by atoms with van der Waals surface area (Å²) in [6, 6.07) is 10.1. The highest BCUT2D eigenvalue weighted by Crippen LogP contribution is 2.07. The highest BCUT2D eigenvalue weighted by atomic mass is 127. The first-order chi connectivity index (χ1) is 10.3. The van der Waals surface area contributed by atoms with Crippen molar-refractivity contribution in [3.8, 4) is 5.69 Å². The Labute approximate surface area is 149 Å². The highest BCUT2D eigenvalue weighted by molar-refractivity contribution is 14.0. The molecule has 0 aliphatic carbocycles. The number of hydrogen-bond donors (Lipinski definition) is 2. The van der Waals surface area contributed by atoms with Gasteiger partial charge >= 0.3 is 0 Å². The van der Waals surface area contributed by atoms with Gasteiger partial charge in [0.15, 0.2) is 5.96 Å². The molecule has 0 atom stereocenters. The van der Waals surface area contributed by atoms with Crippen LogP contribution in [0.5, 0.6) is 0 Å². The molecule has 0 saturated carbocycles. The van der Waals surface area contributed by atoms with Gasteiger partial charge in [0.05, 0.1) is 11.9 Å². The van der Waals surface area contributed by atoms with Crippen LogP contribution in [0.4, 0.5) is 0 Å². The van der Waals surface area contributed by atoms with Gasteiger partial charge in [-0.25, -0.2) is 4.68 Å². The predicted molar refractivity (Wildman–Crippen MR) is 102 cm³/mol. The Balaban J connectivity index is 0.00000242. The first kappa shape index (κ1) is 18.5. The number of nitrogens with one attached hydrogen (secondary N) is 1. The molecule has 0 unspecified atom stereocenters. The van der Waals surface area contributed by atoms with Crippen LogP contribution < -0.4 is 11.1 Å². The van der Waals surface area contributed by atoms with E-state index in [0.29, 0.717) is 5.96 Å². The molecule has 1 heterocycles. The third-order valence-corrected chi connectivity index (χ3v) is 3.17. The van der Waals surface area contributed by atoms with Crippen LogP contribution in [0.25, 0.3) is 5.69 Å². The topological polar surface area (TPSA) is 68.2 Å². The summed E-state index contributed by atoms with van der Waals surface area (Å²) in [5.74, 6) is 0.527. The van der Waals surface area contributed by atoms with E-state index in [0.717, 1.165) is 38.0 Å². The van der Waals surface area contributed by atoms with Crippen molar-refractivity contribution >= 4 is 29.9 Å². The Morgan fingerprint density at radius 1 is 1.32 bits per heavy atom. The Hall–Kier alpha value is -1.57. The maximum Gasteiger partial charge on any atom is 0.188 e. The zero-order chi connectivity index (χ0) is 14.9. The van der Waals surface area contributed by atoms with Gasteiger partial charge in [0.1, 0.15) is 0 Å². The quantitative estimate of drug-likeness (QED) is 0.318. The minimum atomic E-state index is 0. The summed E-state index contributed by atoms with van der Waals surface area (Å²) >= 11 is 0. The van der Waals surface area contributed by atoms with E-state index in [1.165, 1.54) is 5.56 Å². The van der Waals surface area contributed by atoms with E-state index in [2.05, 4.69) is 22.3 Å². The zero-order valence-corrected chi connectivity index (χ0v) is 15.2. The van der Waals surface area contributed by atoms with E-state index < -0.39 is 0 Å². The Bertz CT molecular complexity index is 565. The molecule has 0 amide bonds. The van der Waals surface area contributed by atoms with Crippen molar-refractivity contribution in [1.29, 1.82) is 0 Å². The van der Waals surface area contributed by atoms with Crippen molar-refractivity contribution < 1.29 is 0 Å². The van der Waals surface area contributed by atoms with Crippen LogP contribution in [-0.4, -0.2) is 28.8 Å². The van der Waals surface area contributed by atoms with E-state index in [1.807, 2.05) is 47.4 Å². The van der Waals surface area contributed by atoms with Gasteiger partial charge < -0.3 is 11.1 Å². The predicted octanol–water partition coefficient (Wildman–Crippen LogP) is 2.74.